The first-order valence-electron chi connectivity index (χ1n) is 10.3. The molecule has 3 heterocycles. The van der Waals surface area contributed by atoms with Gasteiger partial charge in [0.05, 0.1) is 17.8 Å². The van der Waals surface area contributed by atoms with Crippen molar-refractivity contribution >= 4 is 16.9 Å². The minimum absolute atomic E-state index is 0.158. The Kier molecular flexibility index (Phi) is 5.93. The number of benzene rings is 1. The molecule has 31 heavy (non-hydrogen) atoms. The van der Waals surface area contributed by atoms with E-state index < -0.39 is 0 Å². The van der Waals surface area contributed by atoms with Gasteiger partial charge in [-0.3, -0.25) is 9.78 Å². The zero-order valence-corrected chi connectivity index (χ0v) is 17.8. The predicted octanol–water partition coefficient (Wildman–Crippen LogP) is 4.48. The minimum atomic E-state index is -0.170. The Morgan fingerprint density at radius 2 is 1.90 bits per heavy atom. The molecule has 7 heteroatoms. The fourth-order valence-electron chi connectivity index (χ4n) is 3.31. The third kappa shape index (κ3) is 4.71. The lowest BCUT2D eigenvalue weighted by atomic mass is 10.1. The standard InChI is InChI=1S/C24H25N5O2/c1-16(2)29-23-20(14-27-29)11-21(13-26-23)24(30)28-17(3)19-6-8-22(9-7-19)31-15-18-5-4-10-25-12-18/h4-14,16-17H,15H2,1-3H3,(H,28,30). The summed E-state index contributed by atoms with van der Waals surface area (Å²) in [6, 6.07) is 13.5. The van der Waals surface area contributed by atoms with Crippen molar-refractivity contribution in [3.63, 3.8) is 0 Å². The van der Waals surface area contributed by atoms with Gasteiger partial charge in [-0.2, -0.15) is 5.10 Å². The van der Waals surface area contributed by atoms with Gasteiger partial charge in [0.15, 0.2) is 5.65 Å². The molecule has 0 saturated heterocycles. The fourth-order valence-corrected chi connectivity index (χ4v) is 3.31. The molecule has 1 atom stereocenters. The first-order valence-corrected chi connectivity index (χ1v) is 10.3. The van der Waals surface area contributed by atoms with Crippen LogP contribution in [0.5, 0.6) is 5.75 Å². The maximum absolute atomic E-state index is 12.7. The number of fused-ring (bicyclic) bond motifs is 1. The second-order valence-electron chi connectivity index (χ2n) is 7.73. The molecule has 0 spiro atoms. The lowest BCUT2D eigenvalue weighted by Crippen LogP contribution is -2.26. The van der Waals surface area contributed by atoms with Gasteiger partial charge in [0.25, 0.3) is 5.91 Å². The highest BCUT2D eigenvalue weighted by molar-refractivity contribution is 5.97. The molecule has 1 amide bonds. The molecule has 0 aliphatic heterocycles. The first-order chi connectivity index (χ1) is 15.0. The predicted molar refractivity (Wildman–Crippen MR) is 119 cm³/mol. The van der Waals surface area contributed by atoms with Crippen LogP contribution in [0.2, 0.25) is 0 Å². The molecule has 158 valence electrons. The normalized spacial score (nSPS) is 12.1. The number of nitrogens with one attached hydrogen (secondary N) is 1. The van der Waals surface area contributed by atoms with E-state index in [4.69, 9.17) is 4.74 Å². The number of amides is 1. The minimum Gasteiger partial charge on any atom is -0.489 e. The van der Waals surface area contributed by atoms with Crippen LogP contribution in [-0.4, -0.2) is 25.7 Å². The molecular weight excluding hydrogens is 390 g/mol. The Morgan fingerprint density at radius 1 is 1.10 bits per heavy atom. The Morgan fingerprint density at radius 3 is 2.61 bits per heavy atom. The van der Waals surface area contributed by atoms with Gasteiger partial charge >= 0.3 is 0 Å². The molecule has 7 nitrogen and oxygen atoms in total. The van der Waals surface area contributed by atoms with Crippen LogP contribution in [0, 0.1) is 0 Å². The number of carbonyl (C=O) groups is 1. The average Bonchev–Trinajstić information content (AvgIpc) is 3.22. The van der Waals surface area contributed by atoms with Crippen LogP contribution in [0.4, 0.5) is 0 Å². The summed E-state index contributed by atoms with van der Waals surface area (Å²) >= 11 is 0. The second kappa shape index (κ2) is 8.95. The van der Waals surface area contributed by atoms with Crippen molar-refractivity contribution in [1.82, 2.24) is 25.1 Å². The number of carbonyl (C=O) groups excluding carboxylic acids is 1. The van der Waals surface area contributed by atoms with Gasteiger partial charge in [-0.1, -0.05) is 18.2 Å². The number of ether oxygens (including phenoxy) is 1. The summed E-state index contributed by atoms with van der Waals surface area (Å²) in [5.41, 5.74) is 3.29. The van der Waals surface area contributed by atoms with Gasteiger partial charge in [-0.15, -0.1) is 0 Å². The zero-order chi connectivity index (χ0) is 21.8. The topological polar surface area (TPSA) is 81.9 Å². The molecular formula is C24H25N5O2. The highest BCUT2D eigenvalue weighted by Gasteiger charge is 2.15. The SMILES string of the molecule is CC(NC(=O)c1cnc2c(cnn2C(C)C)c1)c1ccc(OCc2cccnc2)cc1. The number of aromatic nitrogens is 4. The van der Waals surface area contributed by atoms with Crippen molar-refractivity contribution in [3.05, 3.63) is 83.9 Å². The van der Waals surface area contributed by atoms with E-state index in [1.807, 2.05) is 67.9 Å². The van der Waals surface area contributed by atoms with Crippen molar-refractivity contribution in [2.24, 2.45) is 0 Å². The lowest BCUT2D eigenvalue weighted by Gasteiger charge is -2.15. The van der Waals surface area contributed by atoms with Crippen LogP contribution in [0.1, 0.15) is 54.3 Å². The quantitative estimate of drug-likeness (QED) is 0.481. The van der Waals surface area contributed by atoms with Gasteiger partial charge < -0.3 is 10.1 Å². The molecule has 4 aromatic rings. The molecule has 0 aliphatic rings. The van der Waals surface area contributed by atoms with Gasteiger partial charge in [-0.05, 0) is 50.6 Å². The summed E-state index contributed by atoms with van der Waals surface area (Å²) in [5, 5.41) is 8.23. The van der Waals surface area contributed by atoms with Gasteiger partial charge in [0.2, 0.25) is 0 Å². The van der Waals surface area contributed by atoms with E-state index in [0.29, 0.717) is 12.2 Å². The molecule has 0 saturated carbocycles. The molecule has 1 aromatic carbocycles. The van der Waals surface area contributed by atoms with E-state index in [1.165, 1.54) is 0 Å². The third-order valence-corrected chi connectivity index (χ3v) is 5.04. The lowest BCUT2D eigenvalue weighted by molar-refractivity contribution is 0.0939. The van der Waals surface area contributed by atoms with Crippen LogP contribution < -0.4 is 10.1 Å². The Balaban J connectivity index is 1.38. The smallest absolute Gasteiger partial charge is 0.253 e. The highest BCUT2D eigenvalue weighted by atomic mass is 16.5. The monoisotopic (exact) mass is 415 g/mol. The van der Waals surface area contributed by atoms with E-state index in [1.54, 1.807) is 24.8 Å². The van der Waals surface area contributed by atoms with Crippen molar-refractivity contribution in [2.45, 2.75) is 39.5 Å². The van der Waals surface area contributed by atoms with Crippen molar-refractivity contribution in [2.75, 3.05) is 0 Å². The average molecular weight is 415 g/mol. The summed E-state index contributed by atoms with van der Waals surface area (Å²) in [6.07, 6.45) is 6.86. The van der Waals surface area contributed by atoms with E-state index in [-0.39, 0.29) is 18.0 Å². The molecule has 0 aliphatic carbocycles. The van der Waals surface area contributed by atoms with E-state index in [0.717, 1.165) is 27.9 Å². The first kappa shape index (κ1) is 20.5. The van der Waals surface area contributed by atoms with Crippen LogP contribution in [-0.2, 0) is 6.61 Å². The van der Waals surface area contributed by atoms with Gasteiger partial charge in [0.1, 0.15) is 12.4 Å². The molecule has 0 bridgehead atoms. The summed E-state index contributed by atoms with van der Waals surface area (Å²) in [4.78, 5) is 21.3. The van der Waals surface area contributed by atoms with Crippen LogP contribution >= 0.6 is 0 Å². The summed E-state index contributed by atoms with van der Waals surface area (Å²) < 4.78 is 7.64. The maximum atomic E-state index is 12.7. The second-order valence-corrected chi connectivity index (χ2v) is 7.73. The maximum Gasteiger partial charge on any atom is 0.253 e. The number of hydrogen-bond donors (Lipinski definition) is 1. The largest absolute Gasteiger partial charge is 0.489 e. The van der Waals surface area contributed by atoms with Crippen molar-refractivity contribution in [3.8, 4) is 5.75 Å². The molecule has 1 N–H and O–H groups in total. The van der Waals surface area contributed by atoms with Gasteiger partial charge in [-0.25, -0.2) is 9.67 Å². The number of hydrogen-bond acceptors (Lipinski definition) is 5. The molecule has 0 fully saturated rings. The number of nitrogens with zero attached hydrogens (tertiary/aromatic N) is 4. The fraction of sp³-hybridized carbons (Fsp3) is 0.250. The van der Waals surface area contributed by atoms with Crippen LogP contribution in [0.25, 0.3) is 11.0 Å². The highest BCUT2D eigenvalue weighted by Crippen LogP contribution is 2.20. The number of pyridine rings is 2. The van der Waals surface area contributed by atoms with Gasteiger partial charge in [0, 0.05) is 35.6 Å². The molecule has 3 aromatic heterocycles. The summed E-state index contributed by atoms with van der Waals surface area (Å²) in [6.45, 7) is 6.51. The van der Waals surface area contributed by atoms with Crippen molar-refractivity contribution in [1.29, 1.82) is 0 Å². The summed E-state index contributed by atoms with van der Waals surface area (Å²) in [5.74, 6) is 0.596. The van der Waals surface area contributed by atoms with Crippen LogP contribution in [0.15, 0.2) is 67.3 Å². The molecule has 4 rings (SSSR count). The Bertz CT molecular complexity index is 1170. The number of rotatable bonds is 7. The van der Waals surface area contributed by atoms with E-state index >= 15 is 0 Å². The summed E-state index contributed by atoms with van der Waals surface area (Å²) in [7, 11) is 0. The van der Waals surface area contributed by atoms with Crippen LogP contribution in [0.3, 0.4) is 0 Å². The Labute approximate surface area is 181 Å². The zero-order valence-electron chi connectivity index (χ0n) is 17.8. The molecule has 1 unspecified atom stereocenters. The van der Waals surface area contributed by atoms with E-state index in [2.05, 4.69) is 20.4 Å². The molecule has 0 radical (unpaired) electrons. The third-order valence-electron chi connectivity index (χ3n) is 5.04. The van der Waals surface area contributed by atoms with Crippen molar-refractivity contribution < 1.29 is 9.53 Å². The van der Waals surface area contributed by atoms with E-state index in [9.17, 15) is 4.79 Å². The Hall–Kier alpha value is -3.74.